The average molecular weight is 374 g/mol. The van der Waals surface area contributed by atoms with Gasteiger partial charge in [-0.05, 0) is 61.5 Å². The van der Waals surface area contributed by atoms with Crippen LogP contribution in [0.1, 0.15) is 16.2 Å². The van der Waals surface area contributed by atoms with Crippen LogP contribution in [-0.4, -0.2) is 20.4 Å². The quantitative estimate of drug-likeness (QED) is 0.596. The lowest BCUT2D eigenvalue weighted by Gasteiger charge is -2.12. The maximum absolute atomic E-state index is 13.2. The van der Waals surface area contributed by atoms with Crippen LogP contribution in [-0.2, 0) is 0 Å². The molecule has 0 saturated heterocycles. The highest BCUT2D eigenvalue weighted by atomic mass is 19.1. The number of fused-ring (bicyclic) bond motifs is 1. The molecule has 1 N–H and O–H groups in total. The second-order valence-electron chi connectivity index (χ2n) is 6.20. The highest BCUT2D eigenvalue weighted by Crippen LogP contribution is 2.18. The molecule has 0 aliphatic rings. The maximum Gasteiger partial charge on any atom is 0.266 e. The number of amides is 1. The van der Waals surface area contributed by atoms with Crippen molar-refractivity contribution in [1.29, 1.82) is 0 Å². The van der Waals surface area contributed by atoms with E-state index in [9.17, 15) is 14.0 Å². The van der Waals surface area contributed by atoms with Gasteiger partial charge in [-0.25, -0.2) is 9.37 Å². The fourth-order valence-electron chi connectivity index (χ4n) is 2.97. The number of pyridine rings is 1. The molecule has 0 saturated carbocycles. The van der Waals surface area contributed by atoms with Crippen LogP contribution in [0.3, 0.4) is 0 Å². The molecule has 0 bridgehead atoms. The second-order valence-corrected chi connectivity index (χ2v) is 6.20. The molecule has 0 aliphatic carbocycles. The first-order chi connectivity index (χ1) is 13.5. The predicted molar refractivity (Wildman–Crippen MR) is 104 cm³/mol. The Labute approximate surface area is 159 Å². The second kappa shape index (κ2) is 7.03. The predicted octanol–water partition coefficient (Wildman–Crippen LogP) is 3.48. The molecule has 2 aromatic carbocycles. The van der Waals surface area contributed by atoms with Crippen LogP contribution in [0.2, 0.25) is 0 Å². The third-order valence-electron chi connectivity index (χ3n) is 4.30. The number of benzene rings is 2. The Morgan fingerprint density at radius 3 is 2.61 bits per heavy atom. The Morgan fingerprint density at radius 1 is 1.11 bits per heavy atom. The molecule has 4 rings (SSSR count). The number of rotatable bonds is 3. The first-order valence-electron chi connectivity index (χ1n) is 8.54. The maximum atomic E-state index is 13.2. The summed E-state index contributed by atoms with van der Waals surface area (Å²) >= 11 is 0. The van der Waals surface area contributed by atoms with Gasteiger partial charge in [-0.15, -0.1) is 0 Å². The Morgan fingerprint density at radius 2 is 1.89 bits per heavy atom. The van der Waals surface area contributed by atoms with Gasteiger partial charge in [0.25, 0.3) is 11.5 Å². The van der Waals surface area contributed by atoms with Crippen molar-refractivity contribution in [2.75, 3.05) is 5.32 Å². The number of aryl methyl sites for hydroxylation is 1. The van der Waals surface area contributed by atoms with E-state index < -0.39 is 0 Å². The van der Waals surface area contributed by atoms with Gasteiger partial charge in [-0.3, -0.25) is 19.1 Å². The number of carbonyl (C=O) groups is 1. The molecule has 1 amide bonds. The van der Waals surface area contributed by atoms with E-state index in [-0.39, 0.29) is 17.3 Å². The molecule has 7 heteroatoms. The third-order valence-corrected chi connectivity index (χ3v) is 4.30. The number of carbonyl (C=O) groups excluding carboxylic acids is 1. The van der Waals surface area contributed by atoms with Crippen LogP contribution in [0.25, 0.3) is 16.6 Å². The standard InChI is InChI=1S/C21H15FN4O2/c1-13-24-19-9-6-16(25-20(27)14-3-2-10-23-12-14)11-18(19)21(28)26(13)17-7-4-15(22)5-8-17/h2-12H,1H3,(H,25,27). The summed E-state index contributed by atoms with van der Waals surface area (Å²) in [5.41, 5.74) is 1.61. The summed E-state index contributed by atoms with van der Waals surface area (Å²) in [6, 6.07) is 13.9. The lowest BCUT2D eigenvalue weighted by molar-refractivity contribution is 0.102. The molecule has 0 spiro atoms. The Kier molecular flexibility index (Phi) is 4.41. The first kappa shape index (κ1) is 17.5. The summed E-state index contributed by atoms with van der Waals surface area (Å²) in [4.78, 5) is 33.8. The molecule has 0 unspecified atom stereocenters. The van der Waals surface area contributed by atoms with Crippen LogP contribution in [0.4, 0.5) is 10.1 Å². The van der Waals surface area contributed by atoms with Gasteiger partial charge < -0.3 is 5.32 Å². The fourth-order valence-corrected chi connectivity index (χ4v) is 2.97. The molecule has 138 valence electrons. The number of hydrogen-bond acceptors (Lipinski definition) is 4. The first-order valence-corrected chi connectivity index (χ1v) is 8.54. The summed E-state index contributed by atoms with van der Waals surface area (Å²) in [6.07, 6.45) is 3.04. The molecule has 0 aliphatic heterocycles. The Hall–Kier alpha value is -3.87. The van der Waals surface area contributed by atoms with Crippen molar-refractivity contribution in [1.82, 2.24) is 14.5 Å². The van der Waals surface area contributed by atoms with Crippen molar-refractivity contribution in [2.45, 2.75) is 6.92 Å². The minimum Gasteiger partial charge on any atom is -0.322 e. The van der Waals surface area contributed by atoms with Gasteiger partial charge in [0.15, 0.2) is 0 Å². The highest BCUT2D eigenvalue weighted by molar-refractivity contribution is 6.04. The molecule has 6 nitrogen and oxygen atoms in total. The number of hydrogen-bond donors (Lipinski definition) is 1. The van der Waals surface area contributed by atoms with Gasteiger partial charge in [-0.1, -0.05) is 0 Å². The van der Waals surface area contributed by atoms with E-state index in [4.69, 9.17) is 0 Å². The molecule has 28 heavy (non-hydrogen) atoms. The topological polar surface area (TPSA) is 76.9 Å². The number of anilines is 1. The number of nitrogens with zero attached hydrogens (tertiary/aromatic N) is 3. The van der Waals surface area contributed by atoms with Crippen molar-refractivity contribution < 1.29 is 9.18 Å². The fraction of sp³-hybridized carbons (Fsp3) is 0.0476. The largest absolute Gasteiger partial charge is 0.322 e. The summed E-state index contributed by atoms with van der Waals surface area (Å²) in [7, 11) is 0. The summed E-state index contributed by atoms with van der Waals surface area (Å²) in [5, 5.41) is 3.10. The molecule has 0 fully saturated rings. The third kappa shape index (κ3) is 3.25. The van der Waals surface area contributed by atoms with E-state index in [1.54, 1.807) is 43.5 Å². The van der Waals surface area contributed by atoms with E-state index in [0.717, 1.165) is 0 Å². The molecule has 0 atom stereocenters. The van der Waals surface area contributed by atoms with Crippen LogP contribution < -0.4 is 10.9 Å². The van der Waals surface area contributed by atoms with Crippen LogP contribution in [0, 0.1) is 12.7 Å². The van der Waals surface area contributed by atoms with Crippen molar-refractivity contribution in [3.05, 3.63) is 94.5 Å². The van der Waals surface area contributed by atoms with E-state index in [2.05, 4.69) is 15.3 Å². The zero-order chi connectivity index (χ0) is 19.7. The van der Waals surface area contributed by atoms with Gasteiger partial charge in [0.2, 0.25) is 0 Å². The SMILES string of the molecule is Cc1nc2ccc(NC(=O)c3cccnc3)cc2c(=O)n1-c1ccc(F)cc1. The minimum atomic E-state index is -0.386. The molecule has 2 heterocycles. The minimum absolute atomic E-state index is 0.299. The van der Waals surface area contributed by atoms with Crippen molar-refractivity contribution in [2.24, 2.45) is 0 Å². The normalized spacial score (nSPS) is 10.8. The van der Waals surface area contributed by atoms with Crippen molar-refractivity contribution in [3.8, 4) is 5.69 Å². The van der Waals surface area contributed by atoms with Gasteiger partial charge in [0, 0.05) is 18.1 Å². The van der Waals surface area contributed by atoms with E-state index in [0.29, 0.717) is 33.7 Å². The molecule has 0 radical (unpaired) electrons. The Balaban J connectivity index is 1.77. The van der Waals surface area contributed by atoms with E-state index >= 15 is 0 Å². The molecular formula is C21H15FN4O2. The van der Waals surface area contributed by atoms with Crippen LogP contribution in [0.5, 0.6) is 0 Å². The van der Waals surface area contributed by atoms with Crippen LogP contribution in [0.15, 0.2) is 71.8 Å². The lowest BCUT2D eigenvalue weighted by atomic mass is 10.2. The molecule has 4 aromatic rings. The smallest absolute Gasteiger partial charge is 0.266 e. The molecular weight excluding hydrogens is 359 g/mol. The summed E-state index contributed by atoms with van der Waals surface area (Å²) in [5.74, 6) is -0.230. The Bertz CT molecular complexity index is 1240. The van der Waals surface area contributed by atoms with E-state index in [1.165, 1.54) is 35.0 Å². The number of halogens is 1. The van der Waals surface area contributed by atoms with Gasteiger partial charge >= 0.3 is 0 Å². The zero-order valence-corrected chi connectivity index (χ0v) is 14.9. The summed E-state index contributed by atoms with van der Waals surface area (Å²) < 4.78 is 14.6. The molecule has 2 aromatic heterocycles. The zero-order valence-electron chi connectivity index (χ0n) is 14.9. The summed E-state index contributed by atoms with van der Waals surface area (Å²) in [6.45, 7) is 1.71. The van der Waals surface area contributed by atoms with Gasteiger partial charge in [0.05, 0.1) is 22.2 Å². The number of nitrogens with one attached hydrogen (secondary N) is 1. The van der Waals surface area contributed by atoms with Gasteiger partial charge in [-0.2, -0.15) is 0 Å². The van der Waals surface area contributed by atoms with Crippen molar-refractivity contribution >= 4 is 22.5 Å². The lowest BCUT2D eigenvalue weighted by Crippen LogP contribution is -2.22. The highest BCUT2D eigenvalue weighted by Gasteiger charge is 2.12. The van der Waals surface area contributed by atoms with Crippen LogP contribution >= 0.6 is 0 Å². The monoisotopic (exact) mass is 374 g/mol. The number of aromatic nitrogens is 3. The van der Waals surface area contributed by atoms with E-state index in [1.807, 2.05) is 0 Å². The average Bonchev–Trinajstić information content (AvgIpc) is 2.70. The van der Waals surface area contributed by atoms with Crippen molar-refractivity contribution in [3.63, 3.8) is 0 Å². The van der Waals surface area contributed by atoms with Gasteiger partial charge in [0.1, 0.15) is 11.6 Å².